The molecule has 19 heavy (non-hydrogen) atoms. The highest BCUT2D eigenvalue weighted by molar-refractivity contribution is 5.93. The third kappa shape index (κ3) is 2.04. The van der Waals surface area contributed by atoms with Crippen LogP contribution < -0.4 is 0 Å². The molecular formula is C12H17F3N2O2. The standard InChI is InChI=1S/C12H17F3N2O2/c1-7(2)10(18)17-11(19,12(13,14)15)8-5-3-4-6-9(8)16-17/h7-8,19H,3-6H2,1-2H3/t8-,11-/m0/s1. The van der Waals surface area contributed by atoms with Crippen molar-refractivity contribution >= 4 is 11.6 Å². The van der Waals surface area contributed by atoms with Crippen LogP contribution in [0, 0.1) is 11.8 Å². The van der Waals surface area contributed by atoms with Crippen LogP contribution in [0.4, 0.5) is 13.2 Å². The Bertz CT molecular complexity index is 420. The number of rotatable bonds is 1. The topological polar surface area (TPSA) is 52.9 Å². The molecule has 0 aromatic carbocycles. The number of carbonyl (C=O) groups excluding carboxylic acids is 1. The number of fused-ring (bicyclic) bond motifs is 1. The van der Waals surface area contributed by atoms with Crippen LogP contribution in [-0.2, 0) is 4.79 Å². The van der Waals surface area contributed by atoms with E-state index in [0.29, 0.717) is 18.6 Å². The van der Waals surface area contributed by atoms with Gasteiger partial charge in [-0.2, -0.15) is 23.3 Å². The first-order valence-electron chi connectivity index (χ1n) is 6.40. The lowest BCUT2D eigenvalue weighted by molar-refractivity contribution is -0.317. The summed E-state index contributed by atoms with van der Waals surface area (Å²) in [5.74, 6) is -2.58. The van der Waals surface area contributed by atoms with Crippen molar-refractivity contribution in [1.82, 2.24) is 5.01 Å². The largest absolute Gasteiger partial charge is 0.439 e. The molecular weight excluding hydrogens is 261 g/mol. The minimum Gasteiger partial charge on any atom is -0.362 e. The molecule has 1 aliphatic carbocycles. The van der Waals surface area contributed by atoms with Crippen molar-refractivity contribution in [3.05, 3.63) is 0 Å². The van der Waals surface area contributed by atoms with Crippen LogP contribution in [0.1, 0.15) is 39.5 Å². The lowest BCUT2D eigenvalue weighted by atomic mass is 9.80. The molecule has 0 unspecified atom stereocenters. The Morgan fingerprint density at radius 2 is 2.11 bits per heavy atom. The number of hydrogen-bond acceptors (Lipinski definition) is 3. The summed E-state index contributed by atoms with van der Waals surface area (Å²) in [6, 6.07) is 0. The highest BCUT2D eigenvalue weighted by Gasteiger charge is 2.68. The Balaban J connectivity index is 2.45. The first kappa shape index (κ1) is 14.3. The van der Waals surface area contributed by atoms with Crippen LogP contribution in [0.5, 0.6) is 0 Å². The predicted octanol–water partition coefficient (Wildman–Crippen LogP) is 2.28. The van der Waals surface area contributed by atoms with Crippen molar-refractivity contribution in [3.8, 4) is 0 Å². The zero-order valence-electron chi connectivity index (χ0n) is 10.9. The summed E-state index contributed by atoms with van der Waals surface area (Å²) in [5, 5.41) is 14.2. The lowest BCUT2D eigenvalue weighted by Gasteiger charge is -2.38. The van der Waals surface area contributed by atoms with Crippen molar-refractivity contribution in [2.75, 3.05) is 0 Å². The molecule has 1 aliphatic heterocycles. The van der Waals surface area contributed by atoms with Gasteiger partial charge in [0.1, 0.15) is 0 Å². The van der Waals surface area contributed by atoms with Gasteiger partial charge in [0, 0.05) is 11.6 Å². The normalized spacial score (nSPS) is 31.4. The fraction of sp³-hybridized carbons (Fsp3) is 0.833. The van der Waals surface area contributed by atoms with E-state index in [1.54, 1.807) is 0 Å². The molecule has 1 saturated carbocycles. The Morgan fingerprint density at radius 1 is 1.47 bits per heavy atom. The van der Waals surface area contributed by atoms with Crippen molar-refractivity contribution < 1.29 is 23.1 Å². The molecule has 0 radical (unpaired) electrons. The van der Waals surface area contributed by atoms with Gasteiger partial charge >= 0.3 is 6.18 Å². The first-order chi connectivity index (χ1) is 8.69. The molecule has 4 nitrogen and oxygen atoms in total. The zero-order valence-corrected chi connectivity index (χ0v) is 10.9. The fourth-order valence-electron chi connectivity index (χ4n) is 2.68. The van der Waals surface area contributed by atoms with Crippen molar-refractivity contribution in [3.63, 3.8) is 0 Å². The molecule has 0 saturated heterocycles. The molecule has 1 N–H and O–H groups in total. The summed E-state index contributed by atoms with van der Waals surface area (Å²) in [6.07, 6.45) is -2.95. The van der Waals surface area contributed by atoms with E-state index < -0.39 is 29.6 Å². The summed E-state index contributed by atoms with van der Waals surface area (Å²) in [4.78, 5) is 11.9. The first-order valence-corrected chi connectivity index (χ1v) is 6.40. The molecule has 0 aromatic heterocycles. The molecule has 2 aliphatic rings. The van der Waals surface area contributed by atoms with Crippen LogP contribution in [-0.4, -0.2) is 33.6 Å². The van der Waals surface area contributed by atoms with Gasteiger partial charge in [0.05, 0.1) is 5.92 Å². The van der Waals surface area contributed by atoms with Gasteiger partial charge in [0.25, 0.3) is 5.72 Å². The Kier molecular flexibility index (Phi) is 3.36. The number of aliphatic hydroxyl groups is 1. The Hall–Kier alpha value is -1.11. The highest BCUT2D eigenvalue weighted by atomic mass is 19.4. The fourth-order valence-corrected chi connectivity index (χ4v) is 2.68. The molecule has 2 atom stereocenters. The number of carbonyl (C=O) groups is 1. The number of amides is 1. The van der Waals surface area contributed by atoms with E-state index in [0.717, 1.165) is 6.42 Å². The van der Waals surface area contributed by atoms with Crippen LogP contribution in [0.25, 0.3) is 0 Å². The zero-order chi connectivity index (χ0) is 14.4. The van der Waals surface area contributed by atoms with E-state index in [9.17, 15) is 23.1 Å². The minimum absolute atomic E-state index is 0.205. The van der Waals surface area contributed by atoms with Gasteiger partial charge in [-0.25, -0.2) is 0 Å². The van der Waals surface area contributed by atoms with E-state index in [1.807, 2.05) is 0 Å². The van der Waals surface area contributed by atoms with E-state index in [2.05, 4.69) is 5.10 Å². The number of nitrogens with zero attached hydrogens (tertiary/aromatic N) is 2. The molecule has 1 amide bonds. The average Bonchev–Trinajstić information content (AvgIpc) is 2.63. The summed E-state index contributed by atoms with van der Waals surface area (Å²) in [7, 11) is 0. The summed E-state index contributed by atoms with van der Waals surface area (Å²) >= 11 is 0. The maximum absolute atomic E-state index is 13.3. The van der Waals surface area contributed by atoms with Gasteiger partial charge in [-0.1, -0.05) is 20.3 Å². The van der Waals surface area contributed by atoms with Crippen molar-refractivity contribution in [2.45, 2.75) is 51.4 Å². The van der Waals surface area contributed by atoms with Crippen molar-refractivity contribution in [1.29, 1.82) is 0 Å². The monoisotopic (exact) mass is 278 g/mol. The Labute approximate surface area is 109 Å². The van der Waals surface area contributed by atoms with Crippen molar-refractivity contribution in [2.24, 2.45) is 16.9 Å². The Morgan fingerprint density at radius 3 is 2.63 bits per heavy atom. The second-order valence-electron chi connectivity index (χ2n) is 5.42. The van der Waals surface area contributed by atoms with Gasteiger partial charge in [0.15, 0.2) is 0 Å². The smallest absolute Gasteiger partial charge is 0.362 e. The molecule has 7 heteroatoms. The SMILES string of the molecule is CC(C)C(=O)N1N=C2CCCC[C@@H]2[C@]1(O)C(F)(F)F. The molecule has 0 spiro atoms. The summed E-state index contributed by atoms with van der Waals surface area (Å²) in [5.41, 5.74) is -2.88. The quantitative estimate of drug-likeness (QED) is 0.800. The summed E-state index contributed by atoms with van der Waals surface area (Å²) in [6.45, 7) is 2.97. The molecule has 0 bridgehead atoms. The van der Waals surface area contributed by atoms with Crippen LogP contribution in [0.3, 0.4) is 0 Å². The molecule has 1 fully saturated rings. The maximum Gasteiger partial charge on any atom is 0.439 e. The molecule has 0 aromatic rings. The third-order valence-electron chi connectivity index (χ3n) is 3.74. The maximum atomic E-state index is 13.3. The molecule has 2 rings (SSSR count). The van der Waals surface area contributed by atoms with Gasteiger partial charge in [-0.05, 0) is 19.3 Å². The predicted molar refractivity (Wildman–Crippen MR) is 62.1 cm³/mol. The average molecular weight is 278 g/mol. The van der Waals surface area contributed by atoms with E-state index in [4.69, 9.17) is 0 Å². The number of hydrogen-bond donors (Lipinski definition) is 1. The number of alkyl halides is 3. The lowest BCUT2D eigenvalue weighted by Crippen LogP contribution is -2.62. The number of hydrazone groups is 1. The van der Waals surface area contributed by atoms with Gasteiger partial charge in [-0.3, -0.25) is 4.79 Å². The second-order valence-corrected chi connectivity index (χ2v) is 5.42. The summed E-state index contributed by atoms with van der Waals surface area (Å²) < 4.78 is 39.8. The van der Waals surface area contributed by atoms with Gasteiger partial charge < -0.3 is 5.11 Å². The van der Waals surface area contributed by atoms with Gasteiger partial charge in [-0.15, -0.1) is 0 Å². The number of halogens is 3. The van der Waals surface area contributed by atoms with Crippen LogP contribution in [0.15, 0.2) is 5.10 Å². The van der Waals surface area contributed by atoms with E-state index >= 15 is 0 Å². The van der Waals surface area contributed by atoms with E-state index in [1.165, 1.54) is 13.8 Å². The second kappa shape index (κ2) is 4.47. The molecule has 1 heterocycles. The third-order valence-corrected chi connectivity index (χ3v) is 3.74. The van der Waals surface area contributed by atoms with Gasteiger partial charge in [0.2, 0.25) is 5.91 Å². The van der Waals surface area contributed by atoms with Crippen LogP contribution >= 0.6 is 0 Å². The minimum atomic E-state index is -4.91. The molecule has 108 valence electrons. The van der Waals surface area contributed by atoms with E-state index in [-0.39, 0.29) is 11.4 Å². The highest BCUT2D eigenvalue weighted by Crippen LogP contribution is 2.48. The van der Waals surface area contributed by atoms with Crippen LogP contribution in [0.2, 0.25) is 0 Å².